The molecule has 0 bridgehead atoms. The summed E-state index contributed by atoms with van der Waals surface area (Å²) in [6, 6.07) is 14.3. The Morgan fingerprint density at radius 3 is 2.52 bits per heavy atom. The van der Waals surface area contributed by atoms with Gasteiger partial charge in [0, 0.05) is 0 Å². The maximum Gasteiger partial charge on any atom is 0.319 e. The van der Waals surface area contributed by atoms with Crippen LogP contribution in [0.2, 0.25) is 0 Å². The highest BCUT2D eigenvalue weighted by Gasteiger charge is 2.31. The summed E-state index contributed by atoms with van der Waals surface area (Å²) in [7, 11) is 0. The van der Waals surface area contributed by atoms with Crippen molar-refractivity contribution >= 4 is 32.7 Å². The predicted molar refractivity (Wildman–Crippen MR) is 95.1 cm³/mol. The minimum absolute atomic E-state index is 0.0693. The second kappa shape index (κ2) is 7.35. The average molecular weight is 377 g/mol. The van der Waals surface area contributed by atoms with E-state index in [0.717, 1.165) is 36.8 Å². The van der Waals surface area contributed by atoms with Gasteiger partial charge < -0.3 is 9.47 Å². The number of rotatable bonds is 4. The van der Waals surface area contributed by atoms with E-state index < -0.39 is 0 Å². The van der Waals surface area contributed by atoms with Crippen molar-refractivity contribution in [2.24, 2.45) is 0 Å². The van der Waals surface area contributed by atoms with Crippen LogP contribution in [0.5, 0.6) is 5.75 Å². The van der Waals surface area contributed by atoms with E-state index in [4.69, 9.17) is 9.47 Å². The second-order valence-corrected chi connectivity index (χ2v) is 7.41. The minimum atomic E-state index is -0.286. The van der Waals surface area contributed by atoms with Crippen molar-refractivity contribution in [1.29, 1.82) is 0 Å². The van der Waals surface area contributed by atoms with E-state index in [2.05, 4.69) is 40.2 Å². The van der Waals surface area contributed by atoms with E-state index in [9.17, 15) is 4.79 Å². The maximum atomic E-state index is 11.9. The Morgan fingerprint density at radius 2 is 1.78 bits per heavy atom. The number of esters is 1. The molecule has 23 heavy (non-hydrogen) atoms. The van der Waals surface area contributed by atoms with Gasteiger partial charge in [-0.05, 0) is 55.5 Å². The molecule has 0 amide bonds. The van der Waals surface area contributed by atoms with Crippen LogP contribution in [-0.2, 0) is 9.53 Å². The van der Waals surface area contributed by atoms with Gasteiger partial charge in [-0.1, -0.05) is 46.3 Å². The molecule has 0 spiro atoms. The van der Waals surface area contributed by atoms with Crippen LogP contribution in [0.3, 0.4) is 0 Å². The summed E-state index contributed by atoms with van der Waals surface area (Å²) in [5.41, 5.74) is 0. The molecule has 1 aliphatic rings. The summed E-state index contributed by atoms with van der Waals surface area (Å²) in [4.78, 5) is 11.6. The van der Waals surface area contributed by atoms with Crippen molar-refractivity contribution in [3.63, 3.8) is 0 Å². The second-order valence-electron chi connectivity index (χ2n) is 6.04. The SMILES string of the molecule is C[C@H](Br)C(=O)O[C@@H]1CCCC[C@H]1Oc1ccc2ccccc2c1. The molecule has 2 aromatic carbocycles. The van der Waals surface area contributed by atoms with Gasteiger partial charge in [0.1, 0.15) is 22.8 Å². The molecule has 3 atom stereocenters. The number of carbonyl (C=O) groups excluding carboxylic acids is 1. The van der Waals surface area contributed by atoms with Gasteiger partial charge in [0.25, 0.3) is 0 Å². The van der Waals surface area contributed by atoms with Gasteiger partial charge in [-0.15, -0.1) is 0 Å². The number of hydrogen-bond donors (Lipinski definition) is 0. The van der Waals surface area contributed by atoms with Crippen molar-refractivity contribution in [1.82, 2.24) is 0 Å². The first kappa shape index (κ1) is 16.3. The molecule has 0 unspecified atom stereocenters. The van der Waals surface area contributed by atoms with Gasteiger partial charge in [0.2, 0.25) is 0 Å². The lowest BCUT2D eigenvalue weighted by molar-refractivity contribution is -0.155. The van der Waals surface area contributed by atoms with Crippen molar-refractivity contribution in [3.8, 4) is 5.75 Å². The van der Waals surface area contributed by atoms with Crippen LogP contribution in [0.1, 0.15) is 32.6 Å². The summed E-state index contributed by atoms with van der Waals surface area (Å²) in [6.07, 6.45) is 3.73. The molecule has 0 heterocycles. The summed E-state index contributed by atoms with van der Waals surface area (Å²) in [5.74, 6) is 0.618. The number of alkyl halides is 1. The minimum Gasteiger partial charge on any atom is -0.487 e. The summed E-state index contributed by atoms with van der Waals surface area (Å²) >= 11 is 3.27. The third kappa shape index (κ3) is 4.05. The molecular weight excluding hydrogens is 356 g/mol. The molecule has 0 aromatic heterocycles. The topological polar surface area (TPSA) is 35.5 Å². The first-order valence-corrected chi connectivity index (χ1v) is 9.05. The monoisotopic (exact) mass is 376 g/mol. The van der Waals surface area contributed by atoms with Crippen LogP contribution < -0.4 is 4.74 Å². The quantitative estimate of drug-likeness (QED) is 0.564. The molecular formula is C19H21BrO3. The first-order valence-electron chi connectivity index (χ1n) is 8.13. The highest BCUT2D eigenvalue weighted by atomic mass is 79.9. The lowest BCUT2D eigenvalue weighted by atomic mass is 9.94. The first-order chi connectivity index (χ1) is 11.1. The number of hydrogen-bond acceptors (Lipinski definition) is 3. The van der Waals surface area contributed by atoms with Crippen molar-refractivity contribution in [3.05, 3.63) is 42.5 Å². The van der Waals surface area contributed by atoms with Gasteiger partial charge >= 0.3 is 5.97 Å². The average Bonchev–Trinajstić information content (AvgIpc) is 2.56. The molecule has 0 radical (unpaired) electrons. The zero-order valence-electron chi connectivity index (χ0n) is 13.2. The molecule has 1 aliphatic carbocycles. The van der Waals surface area contributed by atoms with Crippen LogP contribution in [0.15, 0.2) is 42.5 Å². The summed E-state index contributed by atoms with van der Waals surface area (Å²) in [6.45, 7) is 1.78. The molecule has 1 fully saturated rings. The van der Waals surface area contributed by atoms with Crippen LogP contribution in [0, 0.1) is 0 Å². The van der Waals surface area contributed by atoms with E-state index in [1.165, 1.54) is 5.39 Å². The van der Waals surface area contributed by atoms with Crippen molar-refractivity contribution in [2.45, 2.75) is 49.6 Å². The van der Waals surface area contributed by atoms with Gasteiger partial charge in [0.15, 0.2) is 0 Å². The fraction of sp³-hybridized carbons (Fsp3) is 0.421. The number of ether oxygens (including phenoxy) is 2. The Labute approximate surface area is 145 Å². The molecule has 0 saturated heterocycles. The molecule has 3 rings (SSSR count). The highest BCUT2D eigenvalue weighted by molar-refractivity contribution is 9.10. The Balaban J connectivity index is 1.73. The Bertz CT molecular complexity index is 683. The van der Waals surface area contributed by atoms with E-state index in [1.807, 2.05) is 18.2 Å². The van der Waals surface area contributed by atoms with Gasteiger partial charge in [-0.25, -0.2) is 0 Å². The van der Waals surface area contributed by atoms with Gasteiger partial charge in [0.05, 0.1) is 0 Å². The molecule has 4 heteroatoms. The number of benzene rings is 2. The fourth-order valence-corrected chi connectivity index (χ4v) is 3.10. The van der Waals surface area contributed by atoms with E-state index >= 15 is 0 Å². The van der Waals surface area contributed by atoms with Gasteiger partial charge in [-0.3, -0.25) is 4.79 Å². The van der Waals surface area contributed by atoms with Crippen LogP contribution >= 0.6 is 15.9 Å². The third-order valence-electron chi connectivity index (χ3n) is 4.24. The zero-order chi connectivity index (χ0) is 16.2. The Morgan fingerprint density at radius 1 is 1.09 bits per heavy atom. The Hall–Kier alpha value is -1.55. The fourth-order valence-electron chi connectivity index (χ4n) is 2.99. The van der Waals surface area contributed by atoms with Crippen molar-refractivity contribution < 1.29 is 14.3 Å². The largest absolute Gasteiger partial charge is 0.487 e. The van der Waals surface area contributed by atoms with Crippen LogP contribution in [-0.4, -0.2) is 23.0 Å². The lowest BCUT2D eigenvalue weighted by Crippen LogP contribution is -2.39. The Kier molecular flexibility index (Phi) is 5.21. The van der Waals surface area contributed by atoms with Crippen LogP contribution in [0.4, 0.5) is 0 Å². The number of carbonyl (C=O) groups is 1. The molecule has 1 saturated carbocycles. The highest BCUT2D eigenvalue weighted by Crippen LogP contribution is 2.28. The molecule has 3 nitrogen and oxygen atoms in total. The summed E-state index contributed by atoms with van der Waals surface area (Å²) < 4.78 is 11.8. The molecule has 2 aromatic rings. The van der Waals surface area contributed by atoms with E-state index in [1.54, 1.807) is 6.92 Å². The standard InChI is InChI=1S/C19H21BrO3/c1-13(20)19(21)23-18-9-5-4-8-17(18)22-16-11-10-14-6-2-3-7-15(14)12-16/h2-3,6-7,10-13,17-18H,4-5,8-9H2,1H3/t13-,17+,18+/m0/s1. The predicted octanol–water partition coefficient (Wildman–Crippen LogP) is 4.86. The van der Waals surface area contributed by atoms with E-state index in [-0.39, 0.29) is 23.0 Å². The third-order valence-corrected chi connectivity index (χ3v) is 4.62. The zero-order valence-corrected chi connectivity index (χ0v) is 14.8. The smallest absolute Gasteiger partial charge is 0.319 e. The van der Waals surface area contributed by atoms with E-state index in [0.29, 0.717) is 0 Å². The molecule has 0 N–H and O–H groups in total. The summed E-state index contributed by atoms with van der Waals surface area (Å²) in [5, 5.41) is 2.35. The molecule has 122 valence electrons. The maximum absolute atomic E-state index is 11.9. The van der Waals surface area contributed by atoms with Crippen molar-refractivity contribution in [2.75, 3.05) is 0 Å². The normalized spacial score (nSPS) is 22.5. The van der Waals surface area contributed by atoms with Crippen LogP contribution in [0.25, 0.3) is 10.8 Å². The lowest BCUT2D eigenvalue weighted by Gasteiger charge is -2.31. The number of halogens is 1. The number of fused-ring (bicyclic) bond motifs is 1. The molecule has 0 aliphatic heterocycles. The van der Waals surface area contributed by atoms with Gasteiger partial charge in [-0.2, -0.15) is 0 Å².